The number of ether oxygens (including phenoxy) is 1. The molecule has 21 heavy (non-hydrogen) atoms. The summed E-state index contributed by atoms with van der Waals surface area (Å²) in [6.45, 7) is 0. The number of aromatic nitrogens is 3. The highest BCUT2D eigenvalue weighted by atomic mass is 19.1. The molecule has 0 fully saturated rings. The van der Waals surface area contributed by atoms with Gasteiger partial charge in [-0.15, -0.1) is 0 Å². The fourth-order valence-electron chi connectivity index (χ4n) is 1.76. The minimum atomic E-state index is -0.528. The summed E-state index contributed by atoms with van der Waals surface area (Å²) < 4.78 is 19.0. The van der Waals surface area contributed by atoms with Crippen LogP contribution in [0.4, 0.5) is 10.1 Å². The molecule has 0 aliphatic rings. The molecule has 0 spiro atoms. The first-order valence-corrected chi connectivity index (χ1v) is 6.19. The number of nitrogen functional groups attached to an aromatic ring is 1. The normalized spacial score (nSPS) is 10.3. The van der Waals surface area contributed by atoms with E-state index in [1.807, 2.05) is 6.07 Å². The van der Waals surface area contributed by atoms with Gasteiger partial charge in [-0.2, -0.15) is 4.98 Å². The molecule has 3 aromatic rings. The van der Waals surface area contributed by atoms with Crippen molar-refractivity contribution in [1.29, 1.82) is 0 Å². The summed E-state index contributed by atoms with van der Waals surface area (Å²) in [6, 6.07) is 9.50. The Labute approximate surface area is 120 Å². The van der Waals surface area contributed by atoms with Gasteiger partial charge >= 0.3 is 6.01 Å². The van der Waals surface area contributed by atoms with Crippen LogP contribution in [0.5, 0.6) is 11.8 Å². The monoisotopic (exact) mass is 282 g/mol. The van der Waals surface area contributed by atoms with Gasteiger partial charge in [-0.05, 0) is 30.3 Å². The first-order chi connectivity index (χ1) is 10.2. The number of nitrogens with two attached hydrogens (primary N) is 1. The highest BCUT2D eigenvalue weighted by Gasteiger charge is 2.08. The van der Waals surface area contributed by atoms with Gasteiger partial charge in [0.05, 0.1) is 5.69 Å². The maximum absolute atomic E-state index is 13.6. The van der Waals surface area contributed by atoms with E-state index >= 15 is 0 Å². The number of rotatable bonds is 3. The van der Waals surface area contributed by atoms with Gasteiger partial charge in [0.25, 0.3) is 0 Å². The van der Waals surface area contributed by atoms with E-state index in [1.165, 1.54) is 24.4 Å². The lowest BCUT2D eigenvalue weighted by molar-refractivity contribution is 0.412. The zero-order valence-electron chi connectivity index (χ0n) is 10.9. The van der Waals surface area contributed by atoms with Crippen molar-refractivity contribution in [3.05, 3.63) is 60.8 Å². The van der Waals surface area contributed by atoms with Crippen molar-refractivity contribution in [2.75, 3.05) is 5.73 Å². The SMILES string of the molecule is Nc1ccc(F)c(Oc2nccc(-c3cccnc3)n2)c1. The molecule has 0 saturated heterocycles. The fourth-order valence-corrected chi connectivity index (χ4v) is 1.76. The lowest BCUT2D eigenvalue weighted by Crippen LogP contribution is -1.96. The molecule has 0 saturated carbocycles. The molecule has 2 aromatic heterocycles. The Hall–Kier alpha value is -3.02. The Morgan fingerprint density at radius 1 is 1.10 bits per heavy atom. The Bertz CT molecular complexity index is 765. The summed E-state index contributed by atoms with van der Waals surface area (Å²) in [5.41, 5.74) is 7.46. The van der Waals surface area contributed by atoms with Crippen LogP contribution in [-0.4, -0.2) is 15.0 Å². The summed E-state index contributed by atoms with van der Waals surface area (Å²) in [6.07, 6.45) is 4.88. The van der Waals surface area contributed by atoms with Gasteiger partial charge in [-0.3, -0.25) is 4.98 Å². The number of nitrogens with zero attached hydrogens (tertiary/aromatic N) is 3. The maximum Gasteiger partial charge on any atom is 0.322 e. The number of anilines is 1. The number of hydrogen-bond acceptors (Lipinski definition) is 5. The average Bonchev–Trinajstić information content (AvgIpc) is 2.52. The van der Waals surface area contributed by atoms with Crippen LogP contribution in [0.25, 0.3) is 11.3 Å². The largest absolute Gasteiger partial charge is 0.421 e. The van der Waals surface area contributed by atoms with Gasteiger partial charge < -0.3 is 10.5 Å². The van der Waals surface area contributed by atoms with Crippen molar-refractivity contribution in [2.24, 2.45) is 0 Å². The molecule has 3 rings (SSSR count). The minimum Gasteiger partial charge on any atom is -0.421 e. The van der Waals surface area contributed by atoms with Crippen LogP contribution in [0, 0.1) is 5.82 Å². The second-order valence-electron chi connectivity index (χ2n) is 4.26. The zero-order valence-corrected chi connectivity index (χ0v) is 10.9. The predicted molar refractivity (Wildman–Crippen MR) is 76.1 cm³/mol. The molecule has 2 N–H and O–H groups in total. The fraction of sp³-hybridized carbons (Fsp3) is 0. The van der Waals surface area contributed by atoms with Crippen molar-refractivity contribution in [3.63, 3.8) is 0 Å². The summed E-state index contributed by atoms with van der Waals surface area (Å²) >= 11 is 0. The smallest absolute Gasteiger partial charge is 0.322 e. The van der Waals surface area contributed by atoms with Crippen LogP contribution in [-0.2, 0) is 0 Å². The van der Waals surface area contributed by atoms with Crippen molar-refractivity contribution in [3.8, 4) is 23.0 Å². The minimum absolute atomic E-state index is 0.0154. The van der Waals surface area contributed by atoms with Crippen LogP contribution >= 0.6 is 0 Å². The van der Waals surface area contributed by atoms with E-state index in [4.69, 9.17) is 10.5 Å². The van der Waals surface area contributed by atoms with Crippen LogP contribution in [0.2, 0.25) is 0 Å². The average molecular weight is 282 g/mol. The Balaban J connectivity index is 1.92. The zero-order chi connectivity index (χ0) is 14.7. The Kier molecular flexibility index (Phi) is 3.42. The van der Waals surface area contributed by atoms with Gasteiger partial charge in [0.1, 0.15) is 0 Å². The van der Waals surface area contributed by atoms with E-state index < -0.39 is 5.82 Å². The highest BCUT2D eigenvalue weighted by molar-refractivity contribution is 5.57. The molecule has 6 heteroatoms. The molecule has 2 heterocycles. The second-order valence-corrected chi connectivity index (χ2v) is 4.26. The molecule has 0 amide bonds. The Morgan fingerprint density at radius 2 is 2.00 bits per heavy atom. The summed E-state index contributed by atoms with van der Waals surface area (Å²) in [7, 11) is 0. The van der Waals surface area contributed by atoms with E-state index in [2.05, 4.69) is 15.0 Å². The number of halogens is 1. The highest BCUT2D eigenvalue weighted by Crippen LogP contribution is 2.25. The third-order valence-corrected chi connectivity index (χ3v) is 2.75. The molecular formula is C15H11FN4O. The second kappa shape index (κ2) is 5.54. The van der Waals surface area contributed by atoms with E-state index in [0.29, 0.717) is 11.4 Å². The number of pyridine rings is 1. The van der Waals surface area contributed by atoms with Crippen LogP contribution in [0.1, 0.15) is 0 Å². The van der Waals surface area contributed by atoms with E-state index in [0.717, 1.165) is 5.56 Å². The molecular weight excluding hydrogens is 271 g/mol. The van der Waals surface area contributed by atoms with Gasteiger partial charge in [0, 0.05) is 35.9 Å². The van der Waals surface area contributed by atoms with Crippen molar-refractivity contribution >= 4 is 5.69 Å². The third-order valence-electron chi connectivity index (χ3n) is 2.75. The maximum atomic E-state index is 13.6. The summed E-state index contributed by atoms with van der Waals surface area (Å²) in [4.78, 5) is 12.2. The number of benzene rings is 1. The first kappa shape index (κ1) is 13.0. The molecule has 104 valence electrons. The first-order valence-electron chi connectivity index (χ1n) is 6.19. The lowest BCUT2D eigenvalue weighted by Gasteiger charge is -2.07. The van der Waals surface area contributed by atoms with Crippen molar-refractivity contribution < 1.29 is 9.13 Å². The molecule has 0 radical (unpaired) electrons. The molecule has 0 atom stereocenters. The standard InChI is InChI=1S/C15H11FN4O/c16-12-4-3-11(17)8-14(12)21-15-19-7-5-13(20-15)10-2-1-6-18-9-10/h1-9H,17H2. The van der Waals surface area contributed by atoms with Gasteiger partial charge in [0.15, 0.2) is 11.6 Å². The van der Waals surface area contributed by atoms with E-state index in [-0.39, 0.29) is 11.8 Å². The third kappa shape index (κ3) is 2.94. The predicted octanol–water partition coefficient (Wildman–Crippen LogP) is 3.05. The summed E-state index contributed by atoms with van der Waals surface area (Å²) in [5.74, 6) is -0.544. The van der Waals surface area contributed by atoms with Gasteiger partial charge in [-0.1, -0.05) is 0 Å². The topological polar surface area (TPSA) is 73.9 Å². The van der Waals surface area contributed by atoms with E-state index in [1.54, 1.807) is 24.5 Å². The van der Waals surface area contributed by atoms with Crippen LogP contribution in [0.15, 0.2) is 55.0 Å². The molecule has 0 aliphatic heterocycles. The van der Waals surface area contributed by atoms with Crippen molar-refractivity contribution in [2.45, 2.75) is 0 Å². The Morgan fingerprint density at radius 3 is 2.81 bits per heavy atom. The number of hydrogen-bond donors (Lipinski definition) is 1. The van der Waals surface area contributed by atoms with Gasteiger partial charge in [-0.25, -0.2) is 9.37 Å². The molecule has 0 aliphatic carbocycles. The van der Waals surface area contributed by atoms with Crippen LogP contribution < -0.4 is 10.5 Å². The molecule has 0 unspecified atom stereocenters. The van der Waals surface area contributed by atoms with Gasteiger partial charge in [0.2, 0.25) is 0 Å². The summed E-state index contributed by atoms with van der Waals surface area (Å²) in [5, 5.41) is 0. The van der Waals surface area contributed by atoms with Crippen LogP contribution in [0.3, 0.4) is 0 Å². The molecule has 1 aromatic carbocycles. The molecule has 5 nitrogen and oxygen atoms in total. The van der Waals surface area contributed by atoms with E-state index in [9.17, 15) is 4.39 Å². The van der Waals surface area contributed by atoms with Crippen molar-refractivity contribution in [1.82, 2.24) is 15.0 Å². The molecule has 0 bridgehead atoms. The lowest BCUT2D eigenvalue weighted by atomic mass is 10.2. The quantitative estimate of drug-likeness (QED) is 0.747.